The highest BCUT2D eigenvalue weighted by Gasteiger charge is 2.13. The molecule has 8 heteroatoms. The number of morpholine rings is 1. The Balaban J connectivity index is 1.61. The normalized spacial score (nSPS) is 14.8. The minimum Gasteiger partial charge on any atom is -0.379 e. The number of hydrogen-bond acceptors (Lipinski definition) is 6. The molecule has 7 nitrogen and oxygen atoms in total. The predicted molar refractivity (Wildman–Crippen MR) is 96.0 cm³/mol. The molecule has 1 aromatic heterocycles. The Morgan fingerprint density at radius 2 is 2.04 bits per heavy atom. The smallest absolute Gasteiger partial charge is 0.270 e. The second-order valence-corrected chi connectivity index (χ2v) is 6.03. The van der Waals surface area contributed by atoms with E-state index in [0.717, 1.165) is 32.8 Å². The monoisotopic (exact) mass is 359 g/mol. The van der Waals surface area contributed by atoms with Crippen LogP contribution < -0.4 is 10.6 Å². The molecule has 0 saturated carbocycles. The molecule has 0 atom stereocenters. The number of rotatable bonds is 6. The Bertz CT molecular complexity index is 765. The van der Waals surface area contributed by atoms with Crippen LogP contribution in [0.5, 0.6) is 0 Å². The summed E-state index contributed by atoms with van der Waals surface area (Å²) in [4.78, 5) is 23.0. The van der Waals surface area contributed by atoms with Gasteiger partial charge in [0.25, 0.3) is 5.91 Å². The summed E-state index contributed by atoms with van der Waals surface area (Å²) in [6.07, 6.45) is 0. The molecule has 0 radical (unpaired) electrons. The predicted octanol–water partition coefficient (Wildman–Crippen LogP) is 1.73. The van der Waals surface area contributed by atoms with Crippen LogP contribution in [0.3, 0.4) is 0 Å². The summed E-state index contributed by atoms with van der Waals surface area (Å²) in [5.74, 6) is -0.497. The molecule has 1 aliphatic rings. The number of halogens is 1. The fraction of sp³-hybridized carbons (Fsp3) is 0.389. The molecule has 0 bridgehead atoms. The van der Waals surface area contributed by atoms with Crippen molar-refractivity contribution >= 4 is 17.5 Å². The summed E-state index contributed by atoms with van der Waals surface area (Å²) in [5.41, 5.74) is 1.13. The van der Waals surface area contributed by atoms with Gasteiger partial charge in [-0.2, -0.15) is 0 Å². The van der Waals surface area contributed by atoms with E-state index in [2.05, 4.69) is 25.5 Å². The number of carbonyl (C=O) groups excluding carboxylic acids is 1. The number of anilines is 2. The van der Waals surface area contributed by atoms with Crippen LogP contribution in [-0.4, -0.2) is 60.2 Å². The highest BCUT2D eigenvalue weighted by molar-refractivity contribution is 5.92. The first-order valence-corrected chi connectivity index (χ1v) is 8.57. The maximum absolute atomic E-state index is 13.8. The van der Waals surface area contributed by atoms with Gasteiger partial charge < -0.3 is 15.4 Å². The average molecular weight is 359 g/mol. The van der Waals surface area contributed by atoms with Crippen LogP contribution in [0.15, 0.2) is 30.3 Å². The molecule has 2 N–H and O–H groups in total. The fourth-order valence-electron chi connectivity index (χ4n) is 2.67. The van der Waals surface area contributed by atoms with Crippen molar-refractivity contribution in [2.24, 2.45) is 0 Å². The first kappa shape index (κ1) is 18.2. The second-order valence-electron chi connectivity index (χ2n) is 6.03. The van der Waals surface area contributed by atoms with E-state index in [1.807, 2.05) is 0 Å². The van der Waals surface area contributed by atoms with E-state index in [4.69, 9.17) is 4.74 Å². The molecule has 0 aliphatic carbocycles. The summed E-state index contributed by atoms with van der Waals surface area (Å²) >= 11 is 0. The molecule has 1 aliphatic heterocycles. The summed E-state index contributed by atoms with van der Waals surface area (Å²) in [5, 5.41) is 5.68. The van der Waals surface area contributed by atoms with Crippen LogP contribution >= 0.6 is 0 Å². The number of ether oxygens (including phenoxy) is 1. The van der Waals surface area contributed by atoms with E-state index in [9.17, 15) is 9.18 Å². The molecule has 26 heavy (non-hydrogen) atoms. The minimum atomic E-state index is -0.408. The number of nitrogens with one attached hydrogen (secondary N) is 2. The zero-order chi connectivity index (χ0) is 18.4. The van der Waals surface area contributed by atoms with Crippen molar-refractivity contribution in [3.63, 3.8) is 0 Å². The van der Waals surface area contributed by atoms with Gasteiger partial charge in [0.1, 0.15) is 11.5 Å². The first-order chi connectivity index (χ1) is 12.6. The van der Waals surface area contributed by atoms with E-state index >= 15 is 0 Å². The number of aromatic nitrogens is 2. The number of benzene rings is 1. The van der Waals surface area contributed by atoms with E-state index in [1.165, 1.54) is 6.07 Å². The first-order valence-electron chi connectivity index (χ1n) is 8.57. The van der Waals surface area contributed by atoms with Gasteiger partial charge in [-0.1, -0.05) is 12.1 Å². The SMILES string of the molecule is Cc1cc(C(=O)NCCN2CCOCC2)nc(Nc2ccccc2F)n1. The van der Waals surface area contributed by atoms with E-state index < -0.39 is 5.82 Å². The molecular weight excluding hydrogens is 337 g/mol. The molecule has 1 saturated heterocycles. The summed E-state index contributed by atoms with van der Waals surface area (Å²) in [7, 11) is 0. The quantitative estimate of drug-likeness (QED) is 0.818. The number of carbonyl (C=O) groups is 1. The van der Waals surface area contributed by atoms with Crippen molar-refractivity contribution in [3.05, 3.63) is 47.5 Å². The number of aryl methyl sites for hydroxylation is 1. The van der Waals surface area contributed by atoms with Gasteiger partial charge in [-0.3, -0.25) is 9.69 Å². The molecule has 3 rings (SSSR count). The van der Waals surface area contributed by atoms with Crippen LogP contribution in [-0.2, 0) is 4.74 Å². The van der Waals surface area contributed by atoms with Crippen molar-refractivity contribution in [3.8, 4) is 0 Å². The van der Waals surface area contributed by atoms with Crippen LogP contribution in [0.1, 0.15) is 16.2 Å². The number of amides is 1. The lowest BCUT2D eigenvalue weighted by Gasteiger charge is -2.26. The zero-order valence-corrected chi connectivity index (χ0v) is 14.7. The maximum Gasteiger partial charge on any atom is 0.270 e. The van der Waals surface area contributed by atoms with Crippen molar-refractivity contribution in [2.75, 3.05) is 44.7 Å². The van der Waals surface area contributed by atoms with E-state index in [-0.39, 0.29) is 23.2 Å². The highest BCUT2D eigenvalue weighted by Crippen LogP contribution is 2.17. The minimum absolute atomic E-state index is 0.188. The molecule has 1 fully saturated rings. The Morgan fingerprint density at radius 1 is 1.27 bits per heavy atom. The van der Waals surface area contributed by atoms with Crippen LogP contribution in [0.2, 0.25) is 0 Å². The standard InChI is InChI=1S/C18H22FN5O2/c1-13-12-16(17(25)20-6-7-24-8-10-26-11-9-24)23-18(21-13)22-15-5-3-2-4-14(15)19/h2-5,12H,6-11H2,1H3,(H,20,25)(H,21,22,23). The third kappa shape index (κ3) is 4.96. The zero-order valence-electron chi connectivity index (χ0n) is 14.7. The number of para-hydroxylation sites is 1. The molecular formula is C18H22FN5O2. The van der Waals surface area contributed by atoms with Crippen LogP contribution in [0.4, 0.5) is 16.0 Å². The third-order valence-corrected chi connectivity index (χ3v) is 4.02. The average Bonchev–Trinajstić information content (AvgIpc) is 2.64. The Labute approximate surface area is 151 Å². The second kappa shape index (κ2) is 8.68. The Kier molecular flexibility index (Phi) is 6.08. The van der Waals surface area contributed by atoms with Gasteiger partial charge in [-0.15, -0.1) is 0 Å². The van der Waals surface area contributed by atoms with Gasteiger partial charge >= 0.3 is 0 Å². The van der Waals surface area contributed by atoms with Crippen molar-refractivity contribution < 1.29 is 13.9 Å². The van der Waals surface area contributed by atoms with Crippen molar-refractivity contribution in [2.45, 2.75) is 6.92 Å². The van der Waals surface area contributed by atoms with Gasteiger partial charge in [0.2, 0.25) is 5.95 Å². The van der Waals surface area contributed by atoms with Gasteiger partial charge in [-0.05, 0) is 25.1 Å². The van der Waals surface area contributed by atoms with Gasteiger partial charge in [0.05, 0.1) is 18.9 Å². The molecule has 1 amide bonds. The largest absolute Gasteiger partial charge is 0.379 e. The molecule has 1 aromatic carbocycles. The lowest BCUT2D eigenvalue weighted by Crippen LogP contribution is -2.41. The number of nitrogens with zero attached hydrogens (tertiary/aromatic N) is 3. The van der Waals surface area contributed by atoms with Crippen molar-refractivity contribution in [1.29, 1.82) is 0 Å². The molecule has 2 aromatic rings. The maximum atomic E-state index is 13.8. The van der Waals surface area contributed by atoms with Gasteiger partial charge in [-0.25, -0.2) is 14.4 Å². The Hall–Kier alpha value is -2.58. The van der Waals surface area contributed by atoms with Gasteiger partial charge in [0, 0.05) is 31.9 Å². The summed E-state index contributed by atoms with van der Waals surface area (Å²) in [6.45, 7) is 6.25. The van der Waals surface area contributed by atoms with Crippen LogP contribution in [0, 0.1) is 12.7 Å². The lowest BCUT2D eigenvalue weighted by molar-refractivity contribution is 0.0383. The molecule has 138 valence electrons. The Morgan fingerprint density at radius 3 is 2.81 bits per heavy atom. The third-order valence-electron chi connectivity index (χ3n) is 4.02. The fourth-order valence-corrected chi connectivity index (χ4v) is 2.67. The highest BCUT2D eigenvalue weighted by atomic mass is 19.1. The van der Waals surface area contributed by atoms with Crippen molar-refractivity contribution in [1.82, 2.24) is 20.2 Å². The number of hydrogen-bond donors (Lipinski definition) is 2. The topological polar surface area (TPSA) is 79.4 Å². The molecule has 0 spiro atoms. The summed E-state index contributed by atoms with van der Waals surface area (Å²) < 4.78 is 19.1. The molecule has 0 unspecified atom stereocenters. The van der Waals surface area contributed by atoms with Gasteiger partial charge in [0.15, 0.2) is 0 Å². The van der Waals surface area contributed by atoms with E-state index in [1.54, 1.807) is 31.2 Å². The van der Waals surface area contributed by atoms with E-state index in [0.29, 0.717) is 12.2 Å². The lowest BCUT2D eigenvalue weighted by atomic mass is 10.3. The summed E-state index contributed by atoms with van der Waals surface area (Å²) in [6, 6.07) is 7.85. The molecule has 2 heterocycles. The van der Waals surface area contributed by atoms with Crippen LogP contribution in [0.25, 0.3) is 0 Å².